The molecule has 1 unspecified atom stereocenters. The van der Waals surface area contributed by atoms with E-state index in [1.807, 2.05) is 6.08 Å². The Labute approximate surface area is 95.0 Å². The first-order chi connectivity index (χ1) is 7.13. The average molecular weight is 228 g/mol. The van der Waals surface area contributed by atoms with Crippen molar-refractivity contribution in [2.45, 2.75) is 25.8 Å². The number of halogens is 2. The van der Waals surface area contributed by atoms with Crippen LogP contribution in [0.5, 0.6) is 0 Å². The summed E-state index contributed by atoms with van der Waals surface area (Å²) in [6, 6.07) is 5.03. The molecule has 0 aliphatic rings. The number of benzene rings is 1. The van der Waals surface area contributed by atoms with Crippen molar-refractivity contribution in [3.8, 4) is 0 Å². The van der Waals surface area contributed by atoms with Gasteiger partial charge in [-0.3, -0.25) is 0 Å². The van der Waals surface area contributed by atoms with Gasteiger partial charge in [-0.15, -0.1) is 6.58 Å². The molecule has 0 aliphatic heterocycles. The smallest absolute Gasteiger partial charge is 0.143 e. The number of hydrogen-bond donors (Lipinski definition) is 1. The summed E-state index contributed by atoms with van der Waals surface area (Å²) in [5.41, 5.74) is 0.758. The topological polar surface area (TPSA) is 12.0 Å². The molecule has 0 aliphatic carbocycles. The van der Waals surface area contributed by atoms with Gasteiger partial charge in [0.15, 0.2) is 0 Å². The van der Waals surface area contributed by atoms with E-state index in [1.54, 1.807) is 12.1 Å². The van der Waals surface area contributed by atoms with Gasteiger partial charge in [-0.25, -0.2) is 4.39 Å². The molecule has 0 saturated heterocycles. The molecule has 1 rings (SSSR count). The predicted molar refractivity (Wildman–Crippen MR) is 63.9 cm³/mol. The first kappa shape index (κ1) is 12.1. The van der Waals surface area contributed by atoms with E-state index in [1.165, 1.54) is 6.07 Å². The summed E-state index contributed by atoms with van der Waals surface area (Å²) in [6.07, 6.45) is 3.80. The van der Waals surface area contributed by atoms with E-state index in [-0.39, 0.29) is 5.02 Å². The van der Waals surface area contributed by atoms with E-state index in [9.17, 15) is 4.39 Å². The zero-order chi connectivity index (χ0) is 11.3. The molecule has 0 aromatic heterocycles. The second-order valence-corrected chi connectivity index (χ2v) is 3.95. The van der Waals surface area contributed by atoms with Crippen LogP contribution in [0, 0.1) is 5.82 Å². The van der Waals surface area contributed by atoms with Gasteiger partial charge in [-0.05, 0) is 38.0 Å². The summed E-state index contributed by atoms with van der Waals surface area (Å²) in [5, 5.41) is 3.35. The van der Waals surface area contributed by atoms with Crippen LogP contribution in [0.15, 0.2) is 30.9 Å². The van der Waals surface area contributed by atoms with E-state index in [2.05, 4.69) is 18.8 Å². The molecule has 1 aromatic rings. The molecule has 0 spiro atoms. The van der Waals surface area contributed by atoms with Crippen LogP contribution in [0.4, 0.5) is 10.1 Å². The zero-order valence-electron chi connectivity index (χ0n) is 8.76. The highest BCUT2D eigenvalue weighted by Gasteiger charge is 2.03. The molecule has 1 aromatic carbocycles. The average Bonchev–Trinajstić information content (AvgIpc) is 2.20. The molecule has 3 heteroatoms. The summed E-state index contributed by atoms with van der Waals surface area (Å²) in [7, 11) is 0. The third kappa shape index (κ3) is 3.92. The largest absolute Gasteiger partial charge is 0.382 e. The molecule has 15 heavy (non-hydrogen) atoms. The molecule has 0 heterocycles. The molecular formula is C12H15ClFN. The van der Waals surface area contributed by atoms with Gasteiger partial charge in [0, 0.05) is 11.7 Å². The monoisotopic (exact) mass is 227 g/mol. The summed E-state index contributed by atoms with van der Waals surface area (Å²) in [6.45, 7) is 5.71. The third-order valence-electron chi connectivity index (χ3n) is 2.14. The van der Waals surface area contributed by atoms with Gasteiger partial charge < -0.3 is 5.32 Å². The summed E-state index contributed by atoms with van der Waals surface area (Å²) in [5.74, 6) is -0.391. The maximum atomic E-state index is 13.1. The summed E-state index contributed by atoms with van der Waals surface area (Å²) in [4.78, 5) is 0. The Morgan fingerprint density at radius 3 is 2.93 bits per heavy atom. The lowest BCUT2D eigenvalue weighted by atomic mass is 10.1. The molecule has 1 N–H and O–H groups in total. The highest BCUT2D eigenvalue weighted by Crippen LogP contribution is 2.19. The van der Waals surface area contributed by atoms with Crippen molar-refractivity contribution >= 4 is 17.3 Å². The van der Waals surface area contributed by atoms with E-state index in [0.29, 0.717) is 6.04 Å². The SMILES string of the molecule is C=CCCC(C)Nc1ccc(Cl)c(F)c1. The Balaban J connectivity index is 2.56. The van der Waals surface area contributed by atoms with Crippen molar-refractivity contribution in [2.24, 2.45) is 0 Å². The second-order valence-electron chi connectivity index (χ2n) is 3.54. The molecule has 0 fully saturated rings. The molecule has 1 atom stereocenters. The van der Waals surface area contributed by atoms with E-state index in [0.717, 1.165) is 18.5 Å². The van der Waals surface area contributed by atoms with Crippen molar-refractivity contribution in [1.29, 1.82) is 0 Å². The maximum absolute atomic E-state index is 13.1. The van der Waals surface area contributed by atoms with Crippen LogP contribution in [0.1, 0.15) is 19.8 Å². The third-order valence-corrected chi connectivity index (χ3v) is 2.44. The Bertz CT molecular complexity index is 338. The fraction of sp³-hybridized carbons (Fsp3) is 0.333. The standard InChI is InChI=1S/C12H15ClFN/c1-3-4-5-9(2)15-10-6-7-11(13)12(14)8-10/h3,6-9,15H,1,4-5H2,2H3. The van der Waals surface area contributed by atoms with Crippen LogP contribution in [-0.2, 0) is 0 Å². The van der Waals surface area contributed by atoms with Gasteiger partial charge in [-0.2, -0.15) is 0 Å². The first-order valence-corrected chi connectivity index (χ1v) is 5.33. The van der Waals surface area contributed by atoms with E-state index < -0.39 is 5.82 Å². The van der Waals surface area contributed by atoms with Gasteiger partial charge in [-0.1, -0.05) is 17.7 Å². The molecule has 1 nitrogen and oxygen atoms in total. The van der Waals surface area contributed by atoms with Crippen LogP contribution in [0.25, 0.3) is 0 Å². The minimum Gasteiger partial charge on any atom is -0.382 e. The molecule has 0 radical (unpaired) electrons. The number of allylic oxidation sites excluding steroid dienone is 1. The number of anilines is 1. The summed E-state index contributed by atoms with van der Waals surface area (Å²) < 4.78 is 13.1. The highest BCUT2D eigenvalue weighted by molar-refractivity contribution is 6.30. The van der Waals surface area contributed by atoms with Crippen LogP contribution in [0.2, 0.25) is 5.02 Å². The van der Waals surface area contributed by atoms with E-state index in [4.69, 9.17) is 11.6 Å². The Morgan fingerprint density at radius 1 is 1.60 bits per heavy atom. The molecule has 0 bridgehead atoms. The van der Waals surface area contributed by atoms with Crippen LogP contribution in [-0.4, -0.2) is 6.04 Å². The van der Waals surface area contributed by atoms with Crippen LogP contribution < -0.4 is 5.32 Å². The Hall–Kier alpha value is -1.02. The van der Waals surface area contributed by atoms with E-state index >= 15 is 0 Å². The lowest BCUT2D eigenvalue weighted by Gasteiger charge is -2.14. The molecule has 0 saturated carbocycles. The minimum absolute atomic E-state index is 0.152. The van der Waals surface area contributed by atoms with Gasteiger partial charge in [0.2, 0.25) is 0 Å². The van der Waals surface area contributed by atoms with Crippen molar-refractivity contribution in [1.82, 2.24) is 0 Å². The molecule has 82 valence electrons. The van der Waals surface area contributed by atoms with Crippen LogP contribution in [0.3, 0.4) is 0 Å². The first-order valence-electron chi connectivity index (χ1n) is 4.96. The number of hydrogen-bond acceptors (Lipinski definition) is 1. The van der Waals surface area contributed by atoms with Gasteiger partial charge in [0.25, 0.3) is 0 Å². The molecular weight excluding hydrogens is 213 g/mol. The quantitative estimate of drug-likeness (QED) is 0.742. The van der Waals surface area contributed by atoms with Crippen molar-refractivity contribution in [3.05, 3.63) is 41.7 Å². The number of nitrogens with one attached hydrogen (secondary N) is 1. The van der Waals surface area contributed by atoms with Crippen molar-refractivity contribution in [2.75, 3.05) is 5.32 Å². The van der Waals surface area contributed by atoms with Gasteiger partial charge in [0.1, 0.15) is 5.82 Å². The van der Waals surface area contributed by atoms with Crippen molar-refractivity contribution < 1.29 is 4.39 Å². The van der Waals surface area contributed by atoms with Gasteiger partial charge >= 0.3 is 0 Å². The second kappa shape index (κ2) is 5.76. The minimum atomic E-state index is -0.391. The van der Waals surface area contributed by atoms with Crippen LogP contribution >= 0.6 is 11.6 Å². The molecule has 0 amide bonds. The predicted octanol–water partition coefficient (Wildman–Crippen LogP) is 4.25. The summed E-state index contributed by atoms with van der Waals surface area (Å²) >= 11 is 5.58. The maximum Gasteiger partial charge on any atom is 0.143 e. The lowest BCUT2D eigenvalue weighted by Crippen LogP contribution is -2.14. The van der Waals surface area contributed by atoms with Crippen molar-refractivity contribution in [3.63, 3.8) is 0 Å². The fourth-order valence-corrected chi connectivity index (χ4v) is 1.43. The number of rotatable bonds is 5. The normalized spacial score (nSPS) is 12.2. The van der Waals surface area contributed by atoms with Gasteiger partial charge in [0.05, 0.1) is 5.02 Å². The Kier molecular flexibility index (Phi) is 4.63. The highest BCUT2D eigenvalue weighted by atomic mass is 35.5. The fourth-order valence-electron chi connectivity index (χ4n) is 1.31. The lowest BCUT2D eigenvalue weighted by molar-refractivity contribution is 0.627. The zero-order valence-corrected chi connectivity index (χ0v) is 9.52. The Morgan fingerprint density at radius 2 is 2.33 bits per heavy atom.